The van der Waals surface area contributed by atoms with Crippen molar-refractivity contribution >= 4 is 52.4 Å². The zero-order valence-electron chi connectivity index (χ0n) is 22.7. The highest BCUT2D eigenvalue weighted by molar-refractivity contribution is 6.36. The third kappa shape index (κ3) is 4.15. The monoisotopic (exact) mass is 625 g/mol. The second-order valence-electron chi connectivity index (χ2n) is 11.0. The van der Waals surface area contributed by atoms with Crippen LogP contribution in [-0.4, -0.2) is 45.0 Å². The van der Waals surface area contributed by atoms with Crippen molar-refractivity contribution in [1.29, 1.82) is 0 Å². The average molecular weight is 626 g/mol. The number of halogens is 2. The number of carbonyl (C=O) groups is 4. The highest BCUT2D eigenvalue weighted by Gasteiger charge is 2.63. The quantitative estimate of drug-likeness (QED) is 0.112. The molecule has 9 nitrogen and oxygen atoms in total. The van der Waals surface area contributed by atoms with Gasteiger partial charge in [0.05, 0.1) is 27.3 Å². The van der Waals surface area contributed by atoms with Crippen LogP contribution in [0.5, 0.6) is 0 Å². The fourth-order valence-electron chi connectivity index (χ4n) is 6.96. The summed E-state index contributed by atoms with van der Waals surface area (Å²) in [5.74, 6) is -5.26. The number of rotatable bonds is 6. The van der Waals surface area contributed by atoms with Gasteiger partial charge in [0, 0.05) is 34.6 Å². The Hall–Kier alpha value is -4.86. The Labute approximate surface area is 260 Å². The standard InChI is InChI=1S/C33H21Cl2N3O6/c34-18-12-13-24(25(35)15-18)31(40)36(16-26(39)17-6-5-7-19(14-17)38(43)44)37-32(41)29-27-20-8-1-2-9-21(20)28(30(29)33(37)42)23-11-4-3-10-22(23)27/h1-15,27-30H,16H2/t27?,28?,29-,30+. The van der Waals surface area contributed by atoms with Crippen molar-refractivity contribution in [3.8, 4) is 0 Å². The third-order valence-electron chi connectivity index (χ3n) is 8.73. The molecule has 3 amide bonds. The minimum absolute atomic E-state index is 0.0355. The van der Waals surface area contributed by atoms with Crippen molar-refractivity contribution in [1.82, 2.24) is 10.0 Å². The zero-order chi connectivity index (χ0) is 30.9. The first-order valence-corrected chi connectivity index (χ1v) is 14.5. The molecule has 4 aliphatic rings. The lowest BCUT2D eigenvalue weighted by atomic mass is 9.55. The average Bonchev–Trinajstić information content (AvgIpc) is 3.29. The van der Waals surface area contributed by atoms with Crippen LogP contribution < -0.4 is 0 Å². The van der Waals surface area contributed by atoms with Crippen molar-refractivity contribution in [2.24, 2.45) is 11.8 Å². The molecule has 4 aromatic carbocycles. The number of amides is 3. The van der Waals surface area contributed by atoms with Crippen LogP contribution in [0.15, 0.2) is 91.0 Å². The van der Waals surface area contributed by atoms with Crippen molar-refractivity contribution in [3.05, 3.63) is 145 Å². The maximum absolute atomic E-state index is 14.4. The largest absolute Gasteiger partial charge is 0.292 e. The van der Waals surface area contributed by atoms with Gasteiger partial charge in [0.15, 0.2) is 5.78 Å². The Balaban J connectivity index is 1.33. The number of non-ortho nitro benzene ring substituents is 1. The molecule has 3 aliphatic carbocycles. The van der Waals surface area contributed by atoms with Crippen molar-refractivity contribution < 1.29 is 24.1 Å². The van der Waals surface area contributed by atoms with Crippen LogP contribution >= 0.6 is 23.2 Å². The number of hydrogen-bond acceptors (Lipinski definition) is 6. The summed E-state index contributed by atoms with van der Waals surface area (Å²) in [5, 5.41) is 13.2. The number of imide groups is 1. The second kappa shape index (κ2) is 10.4. The molecule has 44 heavy (non-hydrogen) atoms. The lowest BCUT2D eigenvalue weighted by Gasteiger charge is -2.45. The molecule has 11 heteroatoms. The van der Waals surface area contributed by atoms with Crippen LogP contribution in [-0.2, 0) is 9.59 Å². The Morgan fingerprint density at radius 3 is 1.82 bits per heavy atom. The highest BCUT2D eigenvalue weighted by atomic mass is 35.5. The lowest BCUT2D eigenvalue weighted by molar-refractivity contribution is -0.384. The van der Waals surface area contributed by atoms with E-state index >= 15 is 0 Å². The zero-order valence-corrected chi connectivity index (χ0v) is 24.2. The van der Waals surface area contributed by atoms with Crippen LogP contribution in [0.4, 0.5) is 5.69 Å². The van der Waals surface area contributed by atoms with Crippen molar-refractivity contribution in [3.63, 3.8) is 0 Å². The van der Waals surface area contributed by atoms with Gasteiger partial charge in [-0.2, -0.15) is 5.01 Å². The molecule has 218 valence electrons. The molecule has 0 saturated carbocycles. The van der Waals surface area contributed by atoms with Gasteiger partial charge >= 0.3 is 0 Å². The molecule has 0 aromatic heterocycles. The molecule has 4 aromatic rings. The Morgan fingerprint density at radius 1 is 0.773 bits per heavy atom. The van der Waals surface area contributed by atoms with Gasteiger partial charge in [0.1, 0.15) is 6.54 Å². The molecule has 8 rings (SSSR count). The fraction of sp³-hybridized carbons (Fsp3) is 0.152. The van der Waals surface area contributed by atoms with Crippen LogP contribution in [0, 0.1) is 22.0 Å². The van der Waals surface area contributed by atoms with Gasteiger partial charge in [-0.05, 0) is 40.5 Å². The number of hydrogen-bond donors (Lipinski definition) is 0. The number of nitro benzene ring substituents is 1. The number of carbonyl (C=O) groups excluding carboxylic acids is 4. The summed E-state index contributed by atoms with van der Waals surface area (Å²) in [6.07, 6.45) is 0. The van der Waals surface area contributed by atoms with Gasteiger partial charge in [-0.15, -0.1) is 0 Å². The Bertz CT molecular complexity index is 1830. The van der Waals surface area contributed by atoms with E-state index in [1.165, 1.54) is 36.4 Å². The summed E-state index contributed by atoms with van der Waals surface area (Å²) < 4.78 is 0. The summed E-state index contributed by atoms with van der Waals surface area (Å²) >= 11 is 12.4. The SMILES string of the molecule is O=C(CN(C(=O)c1ccc(Cl)cc1Cl)N1C(=O)[C@@H]2C3c4ccccc4C(c4ccccc43)[C@@H]2C1=O)c1cccc([N+](=O)[O-])c1. The van der Waals surface area contributed by atoms with Gasteiger partial charge in [0.25, 0.3) is 23.4 Å². The minimum Gasteiger partial charge on any atom is -0.292 e. The summed E-state index contributed by atoms with van der Waals surface area (Å²) in [6.45, 7) is -0.745. The predicted molar refractivity (Wildman–Crippen MR) is 160 cm³/mol. The third-order valence-corrected chi connectivity index (χ3v) is 9.28. The smallest absolute Gasteiger partial charge is 0.274 e. The molecule has 0 unspecified atom stereocenters. The molecule has 0 spiro atoms. The molecular formula is C33H21Cl2N3O6. The predicted octanol–water partition coefficient (Wildman–Crippen LogP) is 6.03. The summed E-state index contributed by atoms with van der Waals surface area (Å²) in [5.41, 5.74) is 3.35. The first-order chi connectivity index (χ1) is 21.2. The van der Waals surface area contributed by atoms with Crippen LogP contribution in [0.1, 0.15) is 54.8 Å². The second-order valence-corrected chi connectivity index (χ2v) is 11.8. The van der Waals surface area contributed by atoms with Crippen LogP contribution in [0.2, 0.25) is 10.0 Å². The number of ketones is 1. The first kappa shape index (κ1) is 27.9. The molecule has 0 N–H and O–H groups in total. The van der Waals surface area contributed by atoms with Gasteiger partial charge < -0.3 is 0 Å². The van der Waals surface area contributed by atoms with Crippen molar-refractivity contribution in [2.75, 3.05) is 6.54 Å². The number of nitrogens with zero attached hydrogens (tertiary/aromatic N) is 3. The number of Topliss-reactive ketones (excluding diaryl/α,β-unsaturated/α-hetero) is 1. The molecule has 1 fully saturated rings. The van der Waals surface area contributed by atoms with Gasteiger partial charge in [-0.3, -0.25) is 29.3 Å². The summed E-state index contributed by atoms with van der Waals surface area (Å²) in [4.78, 5) is 67.2. The number of nitro groups is 1. The van der Waals surface area contributed by atoms with E-state index in [2.05, 4.69) is 0 Å². The Morgan fingerprint density at radius 2 is 1.32 bits per heavy atom. The summed E-state index contributed by atoms with van der Waals surface area (Å²) in [7, 11) is 0. The van der Waals surface area contributed by atoms with Crippen LogP contribution in [0.3, 0.4) is 0 Å². The highest BCUT2D eigenvalue weighted by Crippen LogP contribution is 2.61. The first-order valence-electron chi connectivity index (χ1n) is 13.8. The van der Waals surface area contributed by atoms with Gasteiger partial charge in [-0.25, -0.2) is 5.01 Å². The molecule has 0 radical (unpaired) electrons. The molecular weight excluding hydrogens is 605 g/mol. The van der Waals surface area contributed by atoms with E-state index in [1.54, 1.807) is 0 Å². The van der Waals surface area contributed by atoms with E-state index < -0.39 is 58.6 Å². The maximum atomic E-state index is 14.4. The molecule has 2 atom stereocenters. The summed E-state index contributed by atoms with van der Waals surface area (Å²) in [6, 6.07) is 24.6. The molecule has 1 heterocycles. The van der Waals surface area contributed by atoms with E-state index in [-0.39, 0.29) is 26.9 Å². The number of hydrazine groups is 1. The molecule has 1 aliphatic heterocycles. The van der Waals surface area contributed by atoms with Crippen molar-refractivity contribution in [2.45, 2.75) is 11.8 Å². The lowest BCUT2D eigenvalue weighted by Crippen LogP contribution is -2.52. The van der Waals surface area contributed by atoms with Gasteiger partial charge in [0.2, 0.25) is 0 Å². The van der Waals surface area contributed by atoms with E-state index in [0.717, 1.165) is 38.3 Å². The fourth-order valence-corrected chi connectivity index (χ4v) is 7.44. The number of benzene rings is 4. The minimum atomic E-state index is -0.867. The van der Waals surface area contributed by atoms with Gasteiger partial charge in [-0.1, -0.05) is 83.9 Å². The molecule has 1 saturated heterocycles. The topological polar surface area (TPSA) is 118 Å². The van der Waals surface area contributed by atoms with E-state index in [1.807, 2.05) is 48.5 Å². The normalized spacial score (nSPS) is 21.0. The van der Waals surface area contributed by atoms with E-state index in [4.69, 9.17) is 23.2 Å². The molecule has 2 bridgehead atoms. The maximum Gasteiger partial charge on any atom is 0.274 e. The van der Waals surface area contributed by atoms with E-state index in [0.29, 0.717) is 0 Å². The van der Waals surface area contributed by atoms with E-state index in [9.17, 15) is 29.3 Å². The van der Waals surface area contributed by atoms with Crippen LogP contribution in [0.25, 0.3) is 0 Å². The Kier molecular flexibility index (Phi) is 6.60.